The quantitative estimate of drug-likeness (QED) is 0.888. The molecular weight excluding hydrogens is 290 g/mol. The number of hydrogen-bond donors (Lipinski definition) is 2. The highest BCUT2D eigenvalue weighted by Crippen LogP contribution is 2.27. The number of ether oxygens (including phenoxy) is 1. The maximum atomic E-state index is 12.4. The van der Waals surface area contributed by atoms with E-state index in [0.717, 1.165) is 5.56 Å². The van der Waals surface area contributed by atoms with Gasteiger partial charge in [-0.2, -0.15) is 0 Å². The minimum atomic E-state index is -3.75. The van der Waals surface area contributed by atoms with E-state index in [1.165, 1.54) is 19.2 Å². The fourth-order valence-electron chi connectivity index (χ4n) is 1.95. The van der Waals surface area contributed by atoms with Crippen LogP contribution in [0.1, 0.15) is 11.1 Å². The van der Waals surface area contributed by atoms with Crippen LogP contribution >= 0.6 is 0 Å². The van der Waals surface area contributed by atoms with E-state index in [2.05, 4.69) is 4.72 Å². The van der Waals surface area contributed by atoms with Crippen LogP contribution in [0.4, 0.5) is 5.69 Å². The summed E-state index contributed by atoms with van der Waals surface area (Å²) in [5.41, 5.74) is 2.03. The van der Waals surface area contributed by atoms with Crippen LogP contribution in [0.3, 0.4) is 0 Å². The van der Waals surface area contributed by atoms with E-state index in [9.17, 15) is 8.42 Å². The average molecular weight is 307 g/mol. The molecule has 0 spiro atoms. The van der Waals surface area contributed by atoms with Crippen molar-refractivity contribution in [3.05, 3.63) is 53.6 Å². The summed E-state index contributed by atoms with van der Waals surface area (Å²) in [5.74, 6) is 0.196. The number of aliphatic hydroxyl groups is 1. The number of hydrogen-bond acceptors (Lipinski definition) is 4. The Kier molecular flexibility index (Phi) is 4.50. The van der Waals surface area contributed by atoms with Gasteiger partial charge in [0.05, 0.1) is 13.7 Å². The molecule has 0 unspecified atom stereocenters. The van der Waals surface area contributed by atoms with E-state index in [4.69, 9.17) is 9.84 Å². The second-order valence-corrected chi connectivity index (χ2v) is 6.27. The molecule has 0 saturated heterocycles. The molecule has 6 heteroatoms. The van der Waals surface area contributed by atoms with E-state index < -0.39 is 10.0 Å². The van der Waals surface area contributed by atoms with Gasteiger partial charge in [-0.1, -0.05) is 18.2 Å². The van der Waals surface area contributed by atoms with Gasteiger partial charge in [0.15, 0.2) is 0 Å². The maximum Gasteiger partial charge on any atom is 0.265 e. The van der Waals surface area contributed by atoms with E-state index in [1.54, 1.807) is 24.3 Å². The van der Waals surface area contributed by atoms with E-state index in [0.29, 0.717) is 11.3 Å². The van der Waals surface area contributed by atoms with E-state index >= 15 is 0 Å². The Hall–Kier alpha value is -2.05. The Balaban J connectivity index is 2.40. The highest BCUT2D eigenvalue weighted by molar-refractivity contribution is 7.92. The van der Waals surface area contributed by atoms with Crippen molar-refractivity contribution in [2.75, 3.05) is 11.8 Å². The second kappa shape index (κ2) is 6.15. The zero-order valence-electron chi connectivity index (χ0n) is 11.8. The number of anilines is 1. The van der Waals surface area contributed by atoms with Crippen LogP contribution in [0.15, 0.2) is 47.4 Å². The normalized spacial score (nSPS) is 11.2. The highest BCUT2D eigenvalue weighted by Gasteiger charge is 2.20. The van der Waals surface area contributed by atoms with Crippen LogP contribution in [0.5, 0.6) is 5.75 Å². The number of rotatable bonds is 5. The predicted octanol–water partition coefficient (Wildman–Crippen LogP) is 2.30. The van der Waals surface area contributed by atoms with Gasteiger partial charge in [-0.3, -0.25) is 4.72 Å². The first-order valence-corrected chi connectivity index (χ1v) is 7.82. The van der Waals surface area contributed by atoms with Crippen molar-refractivity contribution in [3.63, 3.8) is 0 Å². The largest absolute Gasteiger partial charge is 0.495 e. The van der Waals surface area contributed by atoms with Crippen LogP contribution in [-0.2, 0) is 16.6 Å². The predicted molar refractivity (Wildman–Crippen MR) is 80.9 cm³/mol. The number of methoxy groups -OCH3 is 1. The summed E-state index contributed by atoms with van der Waals surface area (Å²) >= 11 is 0. The molecule has 112 valence electrons. The first-order valence-electron chi connectivity index (χ1n) is 6.33. The molecule has 2 aromatic rings. The van der Waals surface area contributed by atoms with Gasteiger partial charge < -0.3 is 9.84 Å². The van der Waals surface area contributed by atoms with E-state index in [-0.39, 0.29) is 17.3 Å². The van der Waals surface area contributed by atoms with Gasteiger partial charge in [-0.15, -0.1) is 0 Å². The Morgan fingerprint density at radius 3 is 2.57 bits per heavy atom. The third-order valence-electron chi connectivity index (χ3n) is 2.97. The molecule has 5 nitrogen and oxygen atoms in total. The molecule has 2 aromatic carbocycles. The van der Waals surface area contributed by atoms with Gasteiger partial charge in [0.25, 0.3) is 10.0 Å². The Morgan fingerprint density at radius 1 is 1.19 bits per heavy atom. The number of sulfonamides is 1. The fraction of sp³-hybridized carbons (Fsp3) is 0.200. The first kappa shape index (κ1) is 15.3. The molecule has 0 aromatic heterocycles. The smallest absolute Gasteiger partial charge is 0.265 e. The van der Waals surface area contributed by atoms with Gasteiger partial charge in [-0.25, -0.2) is 8.42 Å². The summed E-state index contributed by atoms with van der Waals surface area (Å²) in [6.45, 7) is 1.70. The van der Waals surface area contributed by atoms with Gasteiger partial charge in [0.2, 0.25) is 0 Å². The third kappa shape index (κ3) is 3.53. The average Bonchev–Trinajstić information content (AvgIpc) is 2.46. The molecule has 0 saturated carbocycles. The standard InChI is InChI=1S/C15H17NO4S/c1-11-4-3-5-13(8-11)16-21(18,19)15-7-6-12(10-17)9-14(15)20-2/h3-9,16-17H,10H2,1-2H3. The lowest BCUT2D eigenvalue weighted by Crippen LogP contribution is -2.14. The Morgan fingerprint density at radius 2 is 1.95 bits per heavy atom. The number of aliphatic hydroxyl groups excluding tert-OH is 1. The molecule has 0 aliphatic rings. The summed E-state index contributed by atoms with van der Waals surface area (Å²) in [4.78, 5) is 0.0312. The molecule has 2 rings (SSSR count). The summed E-state index contributed by atoms with van der Waals surface area (Å²) in [6.07, 6.45) is 0. The minimum Gasteiger partial charge on any atom is -0.495 e. The van der Waals surface area contributed by atoms with Crippen LogP contribution < -0.4 is 9.46 Å². The summed E-state index contributed by atoms with van der Waals surface area (Å²) < 4.78 is 32.5. The van der Waals surface area contributed by atoms with Gasteiger partial charge in [0, 0.05) is 5.69 Å². The molecule has 0 atom stereocenters. The van der Waals surface area contributed by atoms with Crippen molar-refractivity contribution < 1.29 is 18.3 Å². The second-order valence-electron chi connectivity index (χ2n) is 4.62. The molecule has 0 aliphatic heterocycles. The lowest BCUT2D eigenvalue weighted by molar-refractivity contribution is 0.280. The van der Waals surface area contributed by atoms with Crippen molar-refractivity contribution in [3.8, 4) is 5.75 Å². The van der Waals surface area contributed by atoms with Gasteiger partial charge >= 0.3 is 0 Å². The zero-order valence-corrected chi connectivity index (χ0v) is 12.6. The maximum absolute atomic E-state index is 12.4. The van der Waals surface area contributed by atoms with Crippen LogP contribution in [0.25, 0.3) is 0 Å². The van der Waals surface area contributed by atoms with Crippen LogP contribution in [0.2, 0.25) is 0 Å². The van der Waals surface area contributed by atoms with Crippen molar-refractivity contribution in [1.29, 1.82) is 0 Å². The summed E-state index contributed by atoms with van der Waals surface area (Å²) in [7, 11) is -2.36. The van der Waals surface area contributed by atoms with Crippen molar-refractivity contribution >= 4 is 15.7 Å². The zero-order chi connectivity index (χ0) is 15.5. The Bertz CT molecular complexity index is 741. The molecule has 2 N–H and O–H groups in total. The number of aryl methyl sites for hydroxylation is 1. The van der Waals surface area contributed by atoms with Gasteiger partial charge in [-0.05, 0) is 42.3 Å². The molecule has 0 fully saturated rings. The first-order chi connectivity index (χ1) is 9.96. The van der Waals surface area contributed by atoms with Crippen LogP contribution in [0, 0.1) is 6.92 Å². The molecule has 0 amide bonds. The van der Waals surface area contributed by atoms with Gasteiger partial charge in [0.1, 0.15) is 10.6 Å². The summed E-state index contributed by atoms with van der Waals surface area (Å²) in [6, 6.07) is 11.6. The number of nitrogens with one attached hydrogen (secondary N) is 1. The molecule has 21 heavy (non-hydrogen) atoms. The monoisotopic (exact) mass is 307 g/mol. The van der Waals surface area contributed by atoms with Crippen molar-refractivity contribution in [2.24, 2.45) is 0 Å². The van der Waals surface area contributed by atoms with Crippen LogP contribution in [-0.4, -0.2) is 20.6 Å². The Labute approximate surface area is 124 Å². The third-order valence-corrected chi connectivity index (χ3v) is 4.39. The van der Waals surface area contributed by atoms with Crippen molar-refractivity contribution in [1.82, 2.24) is 0 Å². The lowest BCUT2D eigenvalue weighted by atomic mass is 10.2. The SMILES string of the molecule is COc1cc(CO)ccc1S(=O)(=O)Nc1cccc(C)c1. The molecule has 0 bridgehead atoms. The lowest BCUT2D eigenvalue weighted by Gasteiger charge is -2.12. The molecule has 0 radical (unpaired) electrons. The fourth-order valence-corrected chi connectivity index (χ4v) is 3.15. The minimum absolute atomic E-state index is 0.0312. The van der Waals surface area contributed by atoms with E-state index in [1.807, 2.05) is 13.0 Å². The number of benzene rings is 2. The van der Waals surface area contributed by atoms with Crippen molar-refractivity contribution in [2.45, 2.75) is 18.4 Å². The topological polar surface area (TPSA) is 75.6 Å². The highest BCUT2D eigenvalue weighted by atomic mass is 32.2. The summed E-state index contributed by atoms with van der Waals surface area (Å²) in [5, 5.41) is 9.10. The molecule has 0 heterocycles. The molecule has 0 aliphatic carbocycles. The molecular formula is C15H17NO4S.